The summed E-state index contributed by atoms with van der Waals surface area (Å²) in [7, 11) is 0. The molecule has 3 aromatic rings. The number of rotatable bonds is 7. The van der Waals surface area contributed by atoms with Gasteiger partial charge in [-0.2, -0.15) is 5.10 Å². The van der Waals surface area contributed by atoms with Gasteiger partial charge in [0.1, 0.15) is 5.69 Å². The maximum absolute atomic E-state index is 12.3. The van der Waals surface area contributed by atoms with Crippen LogP contribution in [0.2, 0.25) is 0 Å². The number of hydrazone groups is 1. The lowest BCUT2D eigenvalue weighted by molar-refractivity contribution is 0.0950. The minimum atomic E-state index is -0.638. The van der Waals surface area contributed by atoms with Gasteiger partial charge in [0.15, 0.2) is 0 Å². The topological polar surface area (TPSA) is 122 Å². The molecule has 3 rings (SSSR count). The van der Waals surface area contributed by atoms with Crippen molar-refractivity contribution in [3.63, 3.8) is 0 Å². The Morgan fingerprint density at radius 1 is 1.24 bits per heavy atom. The average Bonchev–Trinajstić information content (AvgIpc) is 2.75. The fraction of sp³-hybridized carbons (Fsp3) is 0.200. The van der Waals surface area contributed by atoms with Crippen molar-refractivity contribution in [2.24, 2.45) is 5.10 Å². The predicted octanol–water partition coefficient (Wildman–Crippen LogP) is 2.15. The number of nitrogens with one attached hydrogen (secondary N) is 1. The molecule has 3 aromatic heterocycles. The van der Waals surface area contributed by atoms with Crippen molar-refractivity contribution < 1.29 is 14.6 Å². The van der Waals surface area contributed by atoms with Crippen molar-refractivity contribution in [1.82, 2.24) is 25.4 Å². The number of aliphatic hydroxyl groups is 1. The largest absolute Gasteiger partial charge is 0.478 e. The Morgan fingerprint density at radius 2 is 2.07 bits per heavy atom. The average molecular weight is 392 g/mol. The lowest BCUT2D eigenvalue weighted by Gasteiger charge is -2.05. The summed E-state index contributed by atoms with van der Waals surface area (Å²) in [5.41, 5.74) is 5.03. The minimum absolute atomic E-state index is 0.115. The first-order valence-corrected chi connectivity index (χ1v) is 8.94. The first-order valence-electron chi connectivity index (χ1n) is 8.94. The molecule has 0 spiro atoms. The molecular formula is C20H20N6O3. The Labute approximate surface area is 167 Å². The first-order chi connectivity index (χ1) is 14.1. The van der Waals surface area contributed by atoms with Crippen LogP contribution < -0.4 is 10.2 Å². The number of carbonyl (C=O) groups excluding carboxylic acids is 1. The van der Waals surface area contributed by atoms with Gasteiger partial charge in [0.2, 0.25) is 5.88 Å². The lowest BCUT2D eigenvalue weighted by Crippen LogP contribution is -2.19. The molecule has 1 unspecified atom stereocenters. The number of ether oxygens (including phenoxy) is 1. The SMILES string of the molecule is CCOc1ccc(-c2cncc(C(=O)N/N=C/c3cncc(C(C)O)c3)n2)cn1. The van der Waals surface area contributed by atoms with E-state index < -0.39 is 12.0 Å². The molecule has 9 heteroatoms. The summed E-state index contributed by atoms with van der Waals surface area (Å²) in [6.07, 6.45) is 8.44. The molecule has 3 heterocycles. The van der Waals surface area contributed by atoms with E-state index in [0.717, 1.165) is 0 Å². The van der Waals surface area contributed by atoms with E-state index in [1.807, 2.05) is 6.92 Å². The van der Waals surface area contributed by atoms with Gasteiger partial charge in [0, 0.05) is 35.8 Å². The van der Waals surface area contributed by atoms with Crippen LogP contribution in [0.25, 0.3) is 11.3 Å². The summed E-state index contributed by atoms with van der Waals surface area (Å²) in [5, 5.41) is 13.5. The minimum Gasteiger partial charge on any atom is -0.478 e. The summed E-state index contributed by atoms with van der Waals surface area (Å²) in [4.78, 5) is 28.9. The highest BCUT2D eigenvalue weighted by molar-refractivity contribution is 5.93. The van der Waals surface area contributed by atoms with Crippen LogP contribution in [0, 0.1) is 0 Å². The maximum Gasteiger partial charge on any atom is 0.291 e. The van der Waals surface area contributed by atoms with Crippen molar-refractivity contribution >= 4 is 12.1 Å². The molecule has 0 aliphatic carbocycles. The maximum atomic E-state index is 12.3. The third-order valence-corrected chi connectivity index (χ3v) is 3.83. The van der Waals surface area contributed by atoms with Gasteiger partial charge in [-0.1, -0.05) is 0 Å². The van der Waals surface area contributed by atoms with E-state index >= 15 is 0 Å². The van der Waals surface area contributed by atoms with Crippen LogP contribution >= 0.6 is 0 Å². The van der Waals surface area contributed by atoms with Crippen LogP contribution in [-0.2, 0) is 0 Å². The van der Waals surface area contributed by atoms with Gasteiger partial charge in [-0.15, -0.1) is 0 Å². The fourth-order valence-corrected chi connectivity index (χ4v) is 2.38. The molecule has 29 heavy (non-hydrogen) atoms. The number of amides is 1. The van der Waals surface area contributed by atoms with Crippen LogP contribution in [0.3, 0.4) is 0 Å². The summed E-state index contributed by atoms with van der Waals surface area (Å²) in [5.74, 6) is 0.00994. The highest BCUT2D eigenvalue weighted by Crippen LogP contribution is 2.18. The van der Waals surface area contributed by atoms with E-state index in [1.165, 1.54) is 12.4 Å². The van der Waals surface area contributed by atoms with Gasteiger partial charge in [0.25, 0.3) is 5.91 Å². The number of nitrogens with zero attached hydrogens (tertiary/aromatic N) is 5. The van der Waals surface area contributed by atoms with Crippen molar-refractivity contribution in [2.45, 2.75) is 20.0 Å². The second-order valence-electron chi connectivity index (χ2n) is 6.03. The molecule has 1 atom stereocenters. The van der Waals surface area contributed by atoms with Gasteiger partial charge in [-0.3, -0.25) is 14.8 Å². The molecule has 0 aliphatic heterocycles. The van der Waals surface area contributed by atoms with Crippen LogP contribution in [0.5, 0.6) is 5.88 Å². The summed E-state index contributed by atoms with van der Waals surface area (Å²) < 4.78 is 5.31. The van der Waals surface area contributed by atoms with Gasteiger partial charge in [-0.05, 0) is 31.5 Å². The van der Waals surface area contributed by atoms with Gasteiger partial charge >= 0.3 is 0 Å². The summed E-state index contributed by atoms with van der Waals surface area (Å²) in [6.45, 7) is 4.05. The quantitative estimate of drug-likeness (QED) is 0.466. The van der Waals surface area contributed by atoms with E-state index in [-0.39, 0.29) is 5.69 Å². The Kier molecular flexibility index (Phi) is 6.54. The zero-order chi connectivity index (χ0) is 20.6. The number of hydrogen-bond acceptors (Lipinski definition) is 8. The van der Waals surface area contributed by atoms with Gasteiger partial charge < -0.3 is 9.84 Å². The number of pyridine rings is 2. The van der Waals surface area contributed by atoms with Crippen molar-refractivity contribution in [3.8, 4) is 17.1 Å². The summed E-state index contributed by atoms with van der Waals surface area (Å²) >= 11 is 0. The van der Waals surface area contributed by atoms with Crippen LogP contribution in [0.4, 0.5) is 0 Å². The Morgan fingerprint density at radius 3 is 2.79 bits per heavy atom. The third-order valence-electron chi connectivity index (χ3n) is 3.83. The molecule has 2 N–H and O–H groups in total. The molecule has 0 saturated carbocycles. The Bertz CT molecular complexity index is 1010. The van der Waals surface area contributed by atoms with Crippen LogP contribution in [0.1, 0.15) is 41.6 Å². The molecule has 0 aliphatic rings. The molecule has 0 fully saturated rings. The van der Waals surface area contributed by atoms with Crippen LogP contribution in [-0.4, -0.2) is 43.8 Å². The summed E-state index contributed by atoms with van der Waals surface area (Å²) in [6, 6.07) is 5.25. The third kappa shape index (κ3) is 5.39. The van der Waals surface area contributed by atoms with E-state index in [4.69, 9.17) is 4.74 Å². The fourth-order valence-electron chi connectivity index (χ4n) is 2.38. The van der Waals surface area contributed by atoms with Crippen molar-refractivity contribution in [1.29, 1.82) is 0 Å². The number of hydrogen-bond donors (Lipinski definition) is 2. The predicted molar refractivity (Wildman–Crippen MR) is 106 cm³/mol. The van der Waals surface area contributed by atoms with E-state index in [1.54, 1.807) is 49.9 Å². The second-order valence-corrected chi connectivity index (χ2v) is 6.03. The molecule has 9 nitrogen and oxygen atoms in total. The second kappa shape index (κ2) is 9.47. The zero-order valence-electron chi connectivity index (χ0n) is 16.0. The monoisotopic (exact) mass is 392 g/mol. The van der Waals surface area contributed by atoms with E-state index in [2.05, 4.69) is 30.5 Å². The highest BCUT2D eigenvalue weighted by atomic mass is 16.5. The normalized spacial score (nSPS) is 12.0. The molecule has 0 radical (unpaired) electrons. The molecular weight excluding hydrogens is 372 g/mol. The van der Waals surface area contributed by atoms with Crippen molar-refractivity contribution in [3.05, 3.63) is 66.0 Å². The Hall–Kier alpha value is -3.72. The Balaban J connectivity index is 1.68. The molecule has 148 valence electrons. The lowest BCUT2D eigenvalue weighted by atomic mass is 10.1. The highest BCUT2D eigenvalue weighted by Gasteiger charge is 2.10. The number of aromatic nitrogens is 4. The number of carbonyl (C=O) groups is 1. The van der Waals surface area contributed by atoms with Gasteiger partial charge in [0.05, 0.1) is 37.0 Å². The molecule has 0 saturated heterocycles. The first kappa shape index (κ1) is 20.0. The van der Waals surface area contributed by atoms with Crippen molar-refractivity contribution in [2.75, 3.05) is 6.61 Å². The smallest absolute Gasteiger partial charge is 0.291 e. The van der Waals surface area contributed by atoms with E-state index in [0.29, 0.717) is 34.9 Å². The number of aliphatic hydroxyl groups excluding tert-OH is 1. The molecule has 0 aromatic carbocycles. The molecule has 0 bridgehead atoms. The van der Waals surface area contributed by atoms with E-state index in [9.17, 15) is 9.90 Å². The standard InChI is InChI=1S/C20H20N6O3/c1-3-29-19-5-4-15(10-23-19)17-11-22-12-18(25-17)20(28)26-24-8-14-6-16(13(2)27)9-21-7-14/h4-13,27H,3H2,1-2H3,(H,26,28)/b24-8+. The molecule has 1 amide bonds. The zero-order valence-corrected chi connectivity index (χ0v) is 16.0. The van der Waals surface area contributed by atoms with Crippen LogP contribution in [0.15, 0.2) is 54.3 Å². The van der Waals surface area contributed by atoms with Gasteiger partial charge in [-0.25, -0.2) is 15.4 Å².